The van der Waals surface area contributed by atoms with Crippen LogP contribution in [0.1, 0.15) is 0 Å². The number of aromatic nitrogens is 1. The van der Waals surface area contributed by atoms with Gasteiger partial charge >= 0.3 is 0 Å². The number of fused-ring (bicyclic) bond motifs is 1. The highest BCUT2D eigenvalue weighted by atomic mass is 32.1. The molecule has 2 aromatic heterocycles. The molecule has 3 nitrogen and oxygen atoms in total. The van der Waals surface area contributed by atoms with Crippen molar-refractivity contribution in [2.24, 2.45) is 0 Å². The van der Waals surface area contributed by atoms with Crippen molar-refractivity contribution in [3.05, 3.63) is 52.6 Å². The van der Waals surface area contributed by atoms with E-state index in [4.69, 9.17) is 0 Å². The Morgan fingerprint density at radius 1 is 1.17 bits per heavy atom. The molecule has 0 fully saturated rings. The number of nitrogens with one attached hydrogen (secondary N) is 1. The van der Waals surface area contributed by atoms with Gasteiger partial charge in [0.1, 0.15) is 16.0 Å². The van der Waals surface area contributed by atoms with E-state index in [9.17, 15) is 14.3 Å². The fraction of sp³-hybridized carbons (Fsp3) is 0. The Hall–Kier alpha value is -2.14. The van der Waals surface area contributed by atoms with Crippen molar-refractivity contribution in [2.75, 3.05) is 0 Å². The van der Waals surface area contributed by atoms with E-state index in [0.717, 1.165) is 0 Å². The van der Waals surface area contributed by atoms with Gasteiger partial charge in [0.25, 0.3) is 0 Å². The number of hydrogen-bond acceptors (Lipinski definition) is 3. The summed E-state index contributed by atoms with van der Waals surface area (Å²) in [7, 11) is 0. The van der Waals surface area contributed by atoms with E-state index in [1.165, 1.54) is 35.7 Å². The Labute approximate surface area is 105 Å². The second-order valence-corrected chi connectivity index (χ2v) is 4.85. The van der Waals surface area contributed by atoms with Crippen molar-refractivity contribution in [3.63, 3.8) is 0 Å². The molecule has 0 aliphatic carbocycles. The molecule has 1 aromatic carbocycles. The summed E-state index contributed by atoms with van der Waals surface area (Å²) in [5.41, 5.74) is 0.965. The molecular formula is C13H8FNO2S. The molecule has 18 heavy (non-hydrogen) atoms. The topological polar surface area (TPSA) is 53.1 Å². The molecule has 0 aliphatic heterocycles. The molecule has 5 heteroatoms. The first-order chi connectivity index (χ1) is 8.66. The van der Waals surface area contributed by atoms with Gasteiger partial charge in [-0.2, -0.15) is 0 Å². The summed E-state index contributed by atoms with van der Waals surface area (Å²) in [5.74, 6) is -0.310. The van der Waals surface area contributed by atoms with E-state index in [2.05, 4.69) is 4.98 Å². The van der Waals surface area contributed by atoms with Crippen molar-refractivity contribution < 1.29 is 9.50 Å². The first-order valence-electron chi connectivity index (χ1n) is 5.26. The summed E-state index contributed by atoms with van der Waals surface area (Å²) in [5, 5.41) is 10.1. The van der Waals surface area contributed by atoms with E-state index in [0.29, 0.717) is 20.7 Å². The summed E-state index contributed by atoms with van der Waals surface area (Å²) >= 11 is 1.19. The lowest BCUT2D eigenvalue weighted by molar-refractivity contribution is 0.484. The van der Waals surface area contributed by atoms with Gasteiger partial charge in [0.15, 0.2) is 11.2 Å². The third kappa shape index (κ3) is 1.60. The minimum atomic E-state index is -0.338. The summed E-state index contributed by atoms with van der Waals surface area (Å²) in [6, 6.07) is 7.20. The molecule has 3 aromatic rings. The highest BCUT2D eigenvalue weighted by molar-refractivity contribution is 7.22. The van der Waals surface area contributed by atoms with Gasteiger partial charge in [0, 0.05) is 12.3 Å². The van der Waals surface area contributed by atoms with E-state index in [1.54, 1.807) is 12.1 Å². The van der Waals surface area contributed by atoms with Gasteiger partial charge < -0.3 is 10.1 Å². The normalized spacial score (nSPS) is 10.9. The van der Waals surface area contributed by atoms with Crippen LogP contribution in [-0.4, -0.2) is 10.1 Å². The average Bonchev–Trinajstić information content (AvgIpc) is 2.70. The van der Waals surface area contributed by atoms with Gasteiger partial charge in [-0.15, -0.1) is 11.3 Å². The Morgan fingerprint density at radius 2 is 1.89 bits per heavy atom. The lowest BCUT2D eigenvalue weighted by Gasteiger charge is -1.98. The van der Waals surface area contributed by atoms with Crippen LogP contribution in [0.4, 0.5) is 4.39 Å². The molecule has 0 bridgehead atoms. The maximum absolute atomic E-state index is 12.9. The quantitative estimate of drug-likeness (QED) is 0.707. The molecule has 0 amide bonds. The molecule has 3 rings (SSSR count). The predicted molar refractivity (Wildman–Crippen MR) is 69.5 cm³/mol. The Bertz CT molecular complexity index is 774. The first kappa shape index (κ1) is 11.0. The zero-order chi connectivity index (χ0) is 12.7. The van der Waals surface area contributed by atoms with Crippen molar-refractivity contribution in [1.29, 1.82) is 0 Å². The maximum atomic E-state index is 12.9. The zero-order valence-corrected chi connectivity index (χ0v) is 9.92. The van der Waals surface area contributed by atoms with Gasteiger partial charge in [-0.05, 0) is 17.7 Å². The Kier molecular flexibility index (Phi) is 2.41. The van der Waals surface area contributed by atoms with Crippen LogP contribution >= 0.6 is 11.3 Å². The third-order valence-electron chi connectivity index (χ3n) is 2.68. The second kappa shape index (κ2) is 3.96. The predicted octanol–water partition coefficient (Wildman–Crippen LogP) is 3.10. The minimum Gasteiger partial charge on any atom is -0.504 e. The zero-order valence-electron chi connectivity index (χ0n) is 9.11. The molecule has 0 spiro atoms. The highest BCUT2D eigenvalue weighted by Crippen LogP contribution is 2.41. The molecule has 0 saturated carbocycles. The number of aromatic amines is 1. The number of aromatic hydroxyl groups is 1. The SMILES string of the molecule is O=c1cc[nH]c2c(O)c(-c3ccc(F)cc3)sc12. The van der Waals surface area contributed by atoms with Crippen LogP contribution in [0, 0.1) is 5.82 Å². The molecule has 0 aliphatic rings. The number of benzene rings is 1. The van der Waals surface area contributed by atoms with E-state index in [1.807, 2.05) is 0 Å². The standard InChI is InChI=1S/C13H8FNO2S/c14-8-3-1-7(2-4-8)12-11(17)10-13(18-12)9(16)5-6-15-10/h1-6,17H,(H,15,16). The van der Waals surface area contributed by atoms with Gasteiger partial charge in [0.2, 0.25) is 0 Å². The lowest BCUT2D eigenvalue weighted by Crippen LogP contribution is -1.95. The van der Waals surface area contributed by atoms with Crippen molar-refractivity contribution in [3.8, 4) is 16.2 Å². The fourth-order valence-electron chi connectivity index (χ4n) is 1.80. The number of halogens is 1. The molecule has 2 heterocycles. The number of hydrogen-bond donors (Lipinski definition) is 2. The molecule has 90 valence electrons. The number of H-pyrrole nitrogens is 1. The third-order valence-corrected chi connectivity index (χ3v) is 3.92. The Morgan fingerprint density at radius 3 is 2.56 bits per heavy atom. The van der Waals surface area contributed by atoms with Crippen LogP contribution in [0.15, 0.2) is 41.3 Å². The number of pyridine rings is 1. The molecule has 0 saturated heterocycles. The molecular weight excluding hydrogens is 253 g/mol. The van der Waals surface area contributed by atoms with Crippen LogP contribution in [0.2, 0.25) is 0 Å². The van der Waals surface area contributed by atoms with Crippen molar-refractivity contribution in [1.82, 2.24) is 4.98 Å². The van der Waals surface area contributed by atoms with Crippen molar-refractivity contribution >= 4 is 21.6 Å². The van der Waals surface area contributed by atoms with Gasteiger partial charge in [-0.1, -0.05) is 12.1 Å². The van der Waals surface area contributed by atoms with Crippen LogP contribution < -0.4 is 5.43 Å². The summed E-state index contributed by atoms with van der Waals surface area (Å²) in [6.07, 6.45) is 1.49. The maximum Gasteiger partial charge on any atom is 0.199 e. The van der Waals surface area contributed by atoms with E-state index in [-0.39, 0.29) is 17.0 Å². The summed E-state index contributed by atoms with van der Waals surface area (Å²) in [4.78, 5) is 15.1. The fourth-order valence-corrected chi connectivity index (χ4v) is 2.89. The highest BCUT2D eigenvalue weighted by Gasteiger charge is 2.14. The van der Waals surface area contributed by atoms with Crippen LogP contribution in [0.5, 0.6) is 5.75 Å². The van der Waals surface area contributed by atoms with Crippen LogP contribution in [-0.2, 0) is 0 Å². The molecule has 0 radical (unpaired) electrons. The summed E-state index contributed by atoms with van der Waals surface area (Å²) < 4.78 is 13.3. The Balaban J connectivity index is 2.30. The van der Waals surface area contributed by atoms with Crippen LogP contribution in [0.25, 0.3) is 20.7 Å². The number of rotatable bonds is 1. The molecule has 0 atom stereocenters. The molecule has 2 N–H and O–H groups in total. The van der Waals surface area contributed by atoms with Gasteiger partial charge in [-0.3, -0.25) is 4.79 Å². The largest absolute Gasteiger partial charge is 0.504 e. The second-order valence-electron chi connectivity index (χ2n) is 3.83. The van der Waals surface area contributed by atoms with Crippen molar-refractivity contribution in [2.45, 2.75) is 0 Å². The van der Waals surface area contributed by atoms with E-state index >= 15 is 0 Å². The number of thiophene rings is 1. The van der Waals surface area contributed by atoms with Crippen LogP contribution in [0.3, 0.4) is 0 Å². The lowest BCUT2D eigenvalue weighted by atomic mass is 10.1. The first-order valence-corrected chi connectivity index (χ1v) is 6.07. The summed E-state index contributed by atoms with van der Waals surface area (Å²) in [6.45, 7) is 0. The average molecular weight is 261 g/mol. The minimum absolute atomic E-state index is 0.0271. The van der Waals surface area contributed by atoms with Gasteiger partial charge in [0.05, 0.1) is 4.88 Å². The van der Waals surface area contributed by atoms with Gasteiger partial charge in [-0.25, -0.2) is 4.39 Å². The van der Waals surface area contributed by atoms with E-state index < -0.39 is 0 Å². The monoisotopic (exact) mass is 261 g/mol. The molecule has 0 unspecified atom stereocenters. The smallest absolute Gasteiger partial charge is 0.199 e.